The van der Waals surface area contributed by atoms with Crippen LogP contribution in [0.4, 0.5) is 11.4 Å². The largest absolute Gasteiger partial charge is 0.320 e. The summed E-state index contributed by atoms with van der Waals surface area (Å²) < 4.78 is 1.81. The van der Waals surface area contributed by atoms with E-state index in [9.17, 15) is 14.9 Å². The van der Waals surface area contributed by atoms with Crippen LogP contribution in [0.25, 0.3) is 5.65 Å². The van der Waals surface area contributed by atoms with Crippen molar-refractivity contribution < 1.29 is 9.72 Å². The van der Waals surface area contributed by atoms with Crippen molar-refractivity contribution in [2.24, 2.45) is 0 Å². The number of nitrogens with one attached hydrogen (secondary N) is 1. The fourth-order valence-corrected chi connectivity index (χ4v) is 2.30. The van der Waals surface area contributed by atoms with E-state index in [-0.39, 0.29) is 11.4 Å². The van der Waals surface area contributed by atoms with Crippen LogP contribution in [-0.2, 0) is 0 Å². The van der Waals surface area contributed by atoms with E-state index in [1.165, 1.54) is 12.1 Å². The van der Waals surface area contributed by atoms with Crippen molar-refractivity contribution in [1.29, 1.82) is 0 Å². The van der Waals surface area contributed by atoms with Gasteiger partial charge in [0.1, 0.15) is 11.3 Å². The summed E-state index contributed by atoms with van der Waals surface area (Å²) in [4.78, 5) is 27.0. The molecule has 0 aliphatic rings. The first-order valence-corrected chi connectivity index (χ1v) is 6.97. The Hall–Kier alpha value is -3.22. The van der Waals surface area contributed by atoms with Gasteiger partial charge in [-0.05, 0) is 31.5 Å². The summed E-state index contributed by atoms with van der Waals surface area (Å²) in [5.74, 6) is -0.406. The van der Waals surface area contributed by atoms with E-state index in [2.05, 4.69) is 10.3 Å². The van der Waals surface area contributed by atoms with Crippen molar-refractivity contribution >= 4 is 22.9 Å². The number of anilines is 1. The summed E-state index contributed by atoms with van der Waals surface area (Å²) >= 11 is 0. The Bertz CT molecular complexity index is 930. The van der Waals surface area contributed by atoms with Gasteiger partial charge in [0.2, 0.25) is 0 Å². The maximum atomic E-state index is 12.4. The molecule has 0 spiro atoms. The molecule has 2 heterocycles. The van der Waals surface area contributed by atoms with Crippen LogP contribution in [0.1, 0.15) is 21.7 Å². The maximum Gasteiger partial charge on any atom is 0.275 e. The Morgan fingerprint density at radius 1 is 1.26 bits per heavy atom. The van der Waals surface area contributed by atoms with E-state index in [0.717, 1.165) is 11.3 Å². The van der Waals surface area contributed by atoms with Gasteiger partial charge in [-0.2, -0.15) is 0 Å². The van der Waals surface area contributed by atoms with Gasteiger partial charge in [-0.25, -0.2) is 4.98 Å². The molecule has 0 radical (unpaired) electrons. The minimum Gasteiger partial charge on any atom is -0.320 e. The average molecular weight is 310 g/mol. The van der Waals surface area contributed by atoms with E-state index in [4.69, 9.17) is 0 Å². The van der Waals surface area contributed by atoms with E-state index < -0.39 is 10.8 Å². The highest BCUT2D eigenvalue weighted by Crippen LogP contribution is 2.22. The van der Waals surface area contributed by atoms with Crippen molar-refractivity contribution in [2.45, 2.75) is 13.8 Å². The highest BCUT2D eigenvalue weighted by Gasteiger charge is 2.15. The molecule has 3 aromatic rings. The standard InChI is InChI=1S/C16H14N4O3/c1-10-6-7-12(20(22)23)8-13(10)18-16(21)14-9-19-11(2)4-3-5-15(19)17-14/h3-9H,1-2H3,(H,18,21). The molecule has 7 heteroatoms. The summed E-state index contributed by atoms with van der Waals surface area (Å²) in [7, 11) is 0. The quantitative estimate of drug-likeness (QED) is 0.594. The molecule has 0 fully saturated rings. The first-order valence-electron chi connectivity index (χ1n) is 6.97. The van der Waals surface area contributed by atoms with Gasteiger partial charge in [-0.15, -0.1) is 0 Å². The normalized spacial score (nSPS) is 10.7. The molecule has 3 rings (SSSR count). The monoisotopic (exact) mass is 310 g/mol. The number of hydrogen-bond acceptors (Lipinski definition) is 4. The highest BCUT2D eigenvalue weighted by atomic mass is 16.6. The Morgan fingerprint density at radius 2 is 2.04 bits per heavy atom. The number of rotatable bonds is 3. The highest BCUT2D eigenvalue weighted by molar-refractivity contribution is 6.03. The second-order valence-electron chi connectivity index (χ2n) is 5.23. The Balaban J connectivity index is 1.93. The van der Waals surface area contributed by atoms with Crippen LogP contribution in [-0.4, -0.2) is 20.2 Å². The molecule has 7 nitrogen and oxygen atoms in total. The lowest BCUT2D eigenvalue weighted by molar-refractivity contribution is -0.384. The van der Waals surface area contributed by atoms with Gasteiger partial charge in [0.05, 0.1) is 10.6 Å². The van der Waals surface area contributed by atoms with Crippen LogP contribution in [0.2, 0.25) is 0 Å². The summed E-state index contributed by atoms with van der Waals surface area (Å²) in [6.07, 6.45) is 1.65. The molecule has 0 saturated carbocycles. The molecule has 0 atom stereocenters. The topological polar surface area (TPSA) is 89.5 Å². The number of imidazole rings is 1. The number of pyridine rings is 1. The summed E-state index contributed by atoms with van der Waals surface area (Å²) in [6.45, 7) is 3.69. The van der Waals surface area contributed by atoms with E-state index in [0.29, 0.717) is 11.3 Å². The Labute approximate surface area is 131 Å². The number of aromatic nitrogens is 2. The zero-order valence-electron chi connectivity index (χ0n) is 12.6. The molecule has 0 unspecified atom stereocenters. The smallest absolute Gasteiger partial charge is 0.275 e. The number of nitro benzene ring substituents is 1. The van der Waals surface area contributed by atoms with Crippen molar-refractivity contribution in [3.8, 4) is 0 Å². The number of amides is 1. The number of carbonyl (C=O) groups excluding carboxylic acids is 1. The molecular weight excluding hydrogens is 296 g/mol. The molecule has 1 aromatic carbocycles. The number of non-ortho nitro benzene ring substituents is 1. The van der Waals surface area contributed by atoms with Gasteiger partial charge in [0, 0.05) is 24.0 Å². The Kier molecular flexibility index (Phi) is 3.53. The third kappa shape index (κ3) is 2.76. The molecule has 2 aromatic heterocycles. The molecule has 23 heavy (non-hydrogen) atoms. The van der Waals surface area contributed by atoms with Crippen LogP contribution < -0.4 is 5.32 Å². The first-order chi connectivity index (χ1) is 11.0. The third-order valence-electron chi connectivity index (χ3n) is 3.61. The van der Waals surface area contributed by atoms with Crippen molar-refractivity contribution in [2.75, 3.05) is 5.32 Å². The van der Waals surface area contributed by atoms with Crippen LogP contribution in [0, 0.1) is 24.0 Å². The molecular formula is C16H14N4O3. The lowest BCUT2D eigenvalue weighted by Crippen LogP contribution is -2.13. The first kappa shape index (κ1) is 14.7. The number of hydrogen-bond donors (Lipinski definition) is 1. The van der Waals surface area contributed by atoms with Crippen LogP contribution in [0.3, 0.4) is 0 Å². The molecule has 1 amide bonds. The number of nitrogens with zero attached hydrogens (tertiary/aromatic N) is 3. The van der Waals surface area contributed by atoms with E-state index in [1.807, 2.05) is 29.5 Å². The van der Waals surface area contributed by atoms with E-state index in [1.54, 1.807) is 19.2 Å². The van der Waals surface area contributed by atoms with Gasteiger partial charge < -0.3 is 9.72 Å². The molecule has 1 N–H and O–H groups in total. The number of benzene rings is 1. The minimum atomic E-state index is -0.497. The van der Waals surface area contributed by atoms with Gasteiger partial charge >= 0.3 is 0 Å². The zero-order valence-corrected chi connectivity index (χ0v) is 12.6. The van der Waals surface area contributed by atoms with E-state index >= 15 is 0 Å². The third-order valence-corrected chi connectivity index (χ3v) is 3.61. The van der Waals surface area contributed by atoms with Crippen LogP contribution in [0.15, 0.2) is 42.6 Å². The van der Waals surface area contributed by atoms with Crippen molar-refractivity contribution in [3.05, 3.63) is 69.7 Å². The Morgan fingerprint density at radius 3 is 2.74 bits per heavy atom. The lowest BCUT2D eigenvalue weighted by atomic mass is 10.2. The summed E-state index contributed by atoms with van der Waals surface area (Å²) in [5.41, 5.74) is 2.95. The van der Waals surface area contributed by atoms with Crippen molar-refractivity contribution in [3.63, 3.8) is 0 Å². The second-order valence-corrected chi connectivity index (χ2v) is 5.23. The lowest BCUT2D eigenvalue weighted by Gasteiger charge is -2.06. The molecule has 0 bridgehead atoms. The predicted molar refractivity (Wildman–Crippen MR) is 85.7 cm³/mol. The minimum absolute atomic E-state index is 0.0725. The molecule has 116 valence electrons. The summed E-state index contributed by atoms with van der Waals surface area (Å²) in [6, 6.07) is 9.93. The zero-order chi connectivity index (χ0) is 16.6. The number of aryl methyl sites for hydroxylation is 2. The van der Waals surface area contributed by atoms with Crippen LogP contribution >= 0.6 is 0 Å². The number of carbonyl (C=O) groups is 1. The number of fused-ring (bicyclic) bond motifs is 1. The van der Waals surface area contributed by atoms with Gasteiger partial charge in [0.15, 0.2) is 0 Å². The second kappa shape index (κ2) is 5.53. The SMILES string of the molecule is Cc1ccc([N+](=O)[O-])cc1NC(=O)c1cn2c(C)cccc2n1. The number of nitro groups is 1. The molecule has 0 aliphatic carbocycles. The average Bonchev–Trinajstić information content (AvgIpc) is 2.95. The maximum absolute atomic E-state index is 12.4. The van der Waals surface area contributed by atoms with Crippen LogP contribution in [0.5, 0.6) is 0 Å². The fourth-order valence-electron chi connectivity index (χ4n) is 2.30. The molecule has 0 aliphatic heterocycles. The van der Waals surface area contributed by atoms with Gasteiger partial charge in [0.25, 0.3) is 11.6 Å². The predicted octanol–water partition coefficient (Wildman–Crippen LogP) is 3.11. The fraction of sp³-hybridized carbons (Fsp3) is 0.125. The van der Waals surface area contributed by atoms with Gasteiger partial charge in [-0.3, -0.25) is 14.9 Å². The summed E-state index contributed by atoms with van der Waals surface area (Å²) in [5, 5.41) is 13.5. The van der Waals surface area contributed by atoms with Gasteiger partial charge in [-0.1, -0.05) is 12.1 Å². The molecule has 0 saturated heterocycles. The van der Waals surface area contributed by atoms with Crippen molar-refractivity contribution in [1.82, 2.24) is 9.38 Å².